The molecule has 0 amide bonds. The highest BCUT2D eigenvalue weighted by Crippen LogP contribution is 2.28. The van der Waals surface area contributed by atoms with Crippen molar-refractivity contribution < 1.29 is 18.1 Å². The number of hydrogen-bond acceptors (Lipinski definition) is 6. The molecule has 0 fully saturated rings. The Bertz CT molecular complexity index is 785. The second-order valence-corrected chi connectivity index (χ2v) is 6.42. The van der Waals surface area contributed by atoms with Crippen LogP contribution in [0.4, 0.5) is 5.69 Å². The molecule has 20 heavy (non-hydrogen) atoms. The first-order chi connectivity index (χ1) is 9.29. The smallest absolute Gasteiger partial charge is 0.276 e. The van der Waals surface area contributed by atoms with E-state index in [1.165, 1.54) is 13.1 Å². The normalized spacial score (nSPS) is 22.6. The lowest BCUT2D eigenvalue weighted by Crippen LogP contribution is -2.47. The number of anilines is 1. The van der Waals surface area contributed by atoms with E-state index >= 15 is 0 Å². The number of hydrogen-bond donors (Lipinski definition) is 3. The SMILES string of the molecule is CN=NCC1(S(=O)(=O)O)C=c2ccc(N)cc2=C(O)C1. The number of nitrogens with two attached hydrogens (primary N) is 1. The maximum Gasteiger partial charge on any atom is 0.276 e. The van der Waals surface area contributed by atoms with E-state index in [1.807, 2.05) is 0 Å². The van der Waals surface area contributed by atoms with Crippen molar-refractivity contribution in [2.45, 2.75) is 11.2 Å². The zero-order valence-corrected chi connectivity index (χ0v) is 11.6. The number of rotatable bonds is 3. The fourth-order valence-corrected chi connectivity index (χ4v) is 3.02. The highest BCUT2D eigenvalue weighted by Gasteiger charge is 2.43. The maximum absolute atomic E-state index is 11.7. The van der Waals surface area contributed by atoms with Crippen molar-refractivity contribution in [3.63, 3.8) is 0 Å². The Morgan fingerprint density at radius 3 is 2.75 bits per heavy atom. The summed E-state index contributed by atoms with van der Waals surface area (Å²) in [5, 5.41) is 18.2. The van der Waals surface area contributed by atoms with Crippen molar-refractivity contribution in [1.29, 1.82) is 0 Å². The van der Waals surface area contributed by atoms with Crippen LogP contribution >= 0.6 is 0 Å². The van der Waals surface area contributed by atoms with Gasteiger partial charge >= 0.3 is 0 Å². The van der Waals surface area contributed by atoms with Gasteiger partial charge in [0.2, 0.25) is 0 Å². The van der Waals surface area contributed by atoms with Crippen LogP contribution in [-0.2, 0) is 10.1 Å². The van der Waals surface area contributed by atoms with Gasteiger partial charge in [0, 0.05) is 24.4 Å². The van der Waals surface area contributed by atoms with Crippen molar-refractivity contribution >= 4 is 27.6 Å². The van der Waals surface area contributed by atoms with Gasteiger partial charge in [-0.1, -0.05) is 12.1 Å². The molecule has 1 atom stereocenters. The van der Waals surface area contributed by atoms with Gasteiger partial charge in [0.25, 0.3) is 10.1 Å². The molecule has 7 nitrogen and oxygen atoms in total. The van der Waals surface area contributed by atoms with Gasteiger partial charge in [-0.3, -0.25) is 4.55 Å². The van der Waals surface area contributed by atoms with Crippen molar-refractivity contribution in [3.8, 4) is 0 Å². The first-order valence-corrected chi connectivity index (χ1v) is 7.26. The van der Waals surface area contributed by atoms with E-state index in [4.69, 9.17) is 5.73 Å². The van der Waals surface area contributed by atoms with E-state index in [0.717, 1.165) is 0 Å². The van der Waals surface area contributed by atoms with Crippen LogP contribution in [0.5, 0.6) is 0 Å². The van der Waals surface area contributed by atoms with Gasteiger partial charge in [-0.2, -0.15) is 18.6 Å². The lowest BCUT2D eigenvalue weighted by molar-refractivity contribution is 0.423. The summed E-state index contributed by atoms with van der Waals surface area (Å²) in [5.74, 6) is -0.154. The van der Waals surface area contributed by atoms with Gasteiger partial charge < -0.3 is 10.8 Å². The molecule has 0 aliphatic heterocycles. The number of nitrogen functional groups attached to an aromatic ring is 1. The predicted octanol–water partition coefficient (Wildman–Crippen LogP) is -0.172. The Hall–Kier alpha value is -1.93. The molecule has 0 radical (unpaired) electrons. The molecule has 1 aliphatic carbocycles. The van der Waals surface area contributed by atoms with E-state index in [0.29, 0.717) is 16.1 Å². The third-order valence-electron chi connectivity index (χ3n) is 3.27. The first-order valence-electron chi connectivity index (χ1n) is 5.82. The molecule has 1 aromatic carbocycles. The Balaban J connectivity index is 2.74. The molecule has 0 saturated carbocycles. The van der Waals surface area contributed by atoms with Gasteiger partial charge in [-0.25, -0.2) is 0 Å². The van der Waals surface area contributed by atoms with E-state index < -0.39 is 14.9 Å². The fourth-order valence-electron chi connectivity index (χ4n) is 2.20. The highest BCUT2D eigenvalue weighted by atomic mass is 32.2. The molecule has 0 bridgehead atoms. The summed E-state index contributed by atoms with van der Waals surface area (Å²) in [6.45, 7) is -0.268. The minimum atomic E-state index is -4.47. The standard InChI is InChI=1S/C12H15N3O4S/c1-14-15-7-12(20(17,18)19)5-8-2-3-9(13)4-10(8)11(16)6-12/h2-5,16H,6-7,13H2,1H3,(H,17,18,19). The molecule has 4 N–H and O–H groups in total. The van der Waals surface area contributed by atoms with Gasteiger partial charge in [-0.15, -0.1) is 0 Å². The number of benzene rings is 1. The molecule has 0 saturated heterocycles. The third kappa shape index (κ3) is 2.39. The summed E-state index contributed by atoms with van der Waals surface area (Å²) in [4.78, 5) is 0. The first kappa shape index (κ1) is 14.5. The van der Waals surface area contributed by atoms with Gasteiger partial charge in [0.05, 0.1) is 6.54 Å². The monoisotopic (exact) mass is 297 g/mol. The summed E-state index contributed by atoms with van der Waals surface area (Å²) in [5.41, 5.74) is 6.09. The summed E-state index contributed by atoms with van der Waals surface area (Å²) < 4.78 is 31.2. The Morgan fingerprint density at radius 2 is 2.15 bits per heavy atom. The number of azo groups is 1. The van der Waals surface area contributed by atoms with Gasteiger partial charge in [0.15, 0.2) is 0 Å². The Kier molecular flexibility index (Phi) is 3.53. The lowest BCUT2D eigenvalue weighted by Gasteiger charge is -2.27. The zero-order chi connectivity index (χ0) is 15.0. The van der Waals surface area contributed by atoms with Crippen molar-refractivity contribution in [3.05, 3.63) is 28.6 Å². The molecule has 1 aliphatic rings. The Morgan fingerprint density at radius 1 is 1.45 bits per heavy atom. The molecule has 0 aromatic heterocycles. The number of fused-ring (bicyclic) bond motifs is 1. The van der Waals surface area contributed by atoms with Crippen LogP contribution in [0.1, 0.15) is 6.42 Å². The minimum absolute atomic E-state index is 0.154. The molecule has 0 spiro atoms. The Labute approximate surface area is 115 Å². The van der Waals surface area contributed by atoms with Crippen LogP contribution in [-0.4, -0.2) is 36.4 Å². The highest BCUT2D eigenvalue weighted by molar-refractivity contribution is 7.87. The molecular weight excluding hydrogens is 282 g/mol. The molecule has 0 heterocycles. The number of aliphatic hydroxyl groups is 1. The second kappa shape index (κ2) is 4.88. The van der Waals surface area contributed by atoms with E-state index in [9.17, 15) is 18.1 Å². The number of nitrogens with zero attached hydrogens (tertiary/aromatic N) is 2. The summed E-state index contributed by atoms with van der Waals surface area (Å²) in [6.07, 6.45) is 1.10. The fraction of sp³-hybridized carbons (Fsp3) is 0.333. The van der Waals surface area contributed by atoms with Crippen LogP contribution in [0.25, 0.3) is 11.8 Å². The number of aliphatic hydroxyl groups excluding tert-OH is 1. The predicted molar refractivity (Wildman–Crippen MR) is 75.1 cm³/mol. The van der Waals surface area contributed by atoms with Gasteiger partial charge in [-0.05, 0) is 17.4 Å². The average molecular weight is 297 g/mol. The van der Waals surface area contributed by atoms with Crippen molar-refractivity contribution in [2.24, 2.45) is 10.2 Å². The summed E-state index contributed by atoms with van der Waals surface area (Å²) in [6, 6.07) is 4.73. The minimum Gasteiger partial charge on any atom is -0.512 e. The molecule has 2 rings (SSSR count). The topological polar surface area (TPSA) is 125 Å². The zero-order valence-electron chi connectivity index (χ0n) is 10.8. The van der Waals surface area contributed by atoms with Crippen molar-refractivity contribution in [1.82, 2.24) is 0 Å². The molecule has 1 unspecified atom stereocenters. The van der Waals surface area contributed by atoms with Crippen LogP contribution in [0.15, 0.2) is 28.4 Å². The summed E-state index contributed by atoms with van der Waals surface area (Å²) >= 11 is 0. The largest absolute Gasteiger partial charge is 0.512 e. The van der Waals surface area contributed by atoms with Gasteiger partial charge in [0.1, 0.15) is 10.5 Å². The molecule has 1 aromatic rings. The third-order valence-corrected chi connectivity index (χ3v) is 4.69. The molecule has 108 valence electrons. The average Bonchev–Trinajstić information content (AvgIpc) is 2.36. The van der Waals surface area contributed by atoms with Crippen LogP contribution in [0, 0.1) is 0 Å². The molecular formula is C12H15N3O4S. The van der Waals surface area contributed by atoms with E-state index in [2.05, 4.69) is 10.2 Å². The van der Waals surface area contributed by atoms with Crippen LogP contribution in [0.3, 0.4) is 0 Å². The van der Waals surface area contributed by atoms with E-state index in [-0.39, 0.29) is 18.7 Å². The van der Waals surface area contributed by atoms with Crippen molar-refractivity contribution in [2.75, 3.05) is 19.3 Å². The summed E-state index contributed by atoms with van der Waals surface area (Å²) in [7, 11) is -3.07. The quantitative estimate of drug-likeness (QED) is 0.405. The lowest BCUT2D eigenvalue weighted by atomic mass is 9.94. The maximum atomic E-state index is 11.7. The van der Waals surface area contributed by atoms with Crippen LogP contribution in [0.2, 0.25) is 0 Å². The van der Waals surface area contributed by atoms with Crippen LogP contribution < -0.4 is 16.2 Å². The second-order valence-electron chi connectivity index (χ2n) is 4.65. The molecule has 8 heteroatoms. The van der Waals surface area contributed by atoms with E-state index in [1.54, 1.807) is 18.2 Å².